The second-order valence-electron chi connectivity index (χ2n) is 3.85. The van der Waals surface area contributed by atoms with Gasteiger partial charge in [-0.05, 0) is 19.3 Å². The highest BCUT2D eigenvalue weighted by Gasteiger charge is 2.32. The van der Waals surface area contributed by atoms with Crippen LogP contribution in [-0.2, 0) is 19.1 Å². The highest BCUT2D eigenvalue weighted by Crippen LogP contribution is 2.28. The van der Waals surface area contributed by atoms with Gasteiger partial charge in [0.25, 0.3) is 0 Å². The summed E-state index contributed by atoms with van der Waals surface area (Å²) in [5, 5.41) is 2.54. The maximum absolute atomic E-state index is 11.4. The summed E-state index contributed by atoms with van der Waals surface area (Å²) in [5.41, 5.74) is 5.13. The Kier molecular flexibility index (Phi) is 4.28. The Hall–Kier alpha value is -1.59. The number of methoxy groups -OCH3 is 1. The Morgan fingerprint density at radius 1 is 1.44 bits per heavy atom. The third-order valence-corrected chi connectivity index (χ3v) is 2.47. The quantitative estimate of drug-likeness (QED) is 0.588. The molecular weight excluding hydrogens is 212 g/mol. The zero-order valence-electron chi connectivity index (χ0n) is 9.19. The number of nitrogens with one attached hydrogen (secondary N) is 1. The van der Waals surface area contributed by atoms with Gasteiger partial charge >= 0.3 is 5.97 Å². The Bertz CT molecular complexity index is 299. The normalized spacial score (nSPS) is 16.3. The third kappa shape index (κ3) is 3.88. The van der Waals surface area contributed by atoms with E-state index >= 15 is 0 Å². The Balaban J connectivity index is 2.37. The molecule has 0 saturated heterocycles. The van der Waals surface area contributed by atoms with Crippen molar-refractivity contribution in [3.05, 3.63) is 0 Å². The Labute approximate surface area is 93.5 Å². The fourth-order valence-corrected chi connectivity index (χ4v) is 1.28. The van der Waals surface area contributed by atoms with Crippen molar-refractivity contribution in [2.75, 3.05) is 7.11 Å². The number of hydrogen-bond donors (Lipinski definition) is 2. The molecule has 0 bridgehead atoms. The predicted octanol–water partition coefficient (Wildman–Crippen LogP) is -0.680. The van der Waals surface area contributed by atoms with E-state index < -0.39 is 17.9 Å². The number of primary amides is 1. The Morgan fingerprint density at radius 3 is 2.50 bits per heavy atom. The lowest BCUT2D eigenvalue weighted by atomic mass is 10.1. The lowest BCUT2D eigenvalue weighted by molar-refractivity contribution is -0.141. The number of rotatable bonds is 6. The van der Waals surface area contributed by atoms with Crippen LogP contribution >= 0.6 is 0 Å². The molecule has 3 N–H and O–H groups in total. The maximum atomic E-state index is 11.4. The van der Waals surface area contributed by atoms with E-state index in [1.54, 1.807) is 0 Å². The van der Waals surface area contributed by atoms with Crippen LogP contribution in [0.15, 0.2) is 0 Å². The minimum absolute atomic E-state index is 0.0139. The molecule has 0 heterocycles. The van der Waals surface area contributed by atoms with E-state index in [0.29, 0.717) is 0 Å². The summed E-state index contributed by atoms with van der Waals surface area (Å²) in [6, 6.07) is -0.785. The molecule has 1 aliphatic carbocycles. The average Bonchev–Trinajstić information content (AvgIpc) is 3.06. The first-order chi connectivity index (χ1) is 7.54. The standard InChI is InChI=1S/C10H16N2O4/c1-16-8(13)5-4-7(9(11)14)12-10(15)6-2-3-6/h6-7H,2-5H2,1H3,(H2,11,14)(H,12,15)/t7-/m1/s1. The smallest absolute Gasteiger partial charge is 0.305 e. The van der Waals surface area contributed by atoms with Gasteiger partial charge in [0.2, 0.25) is 11.8 Å². The predicted molar refractivity (Wildman–Crippen MR) is 55.1 cm³/mol. The third-order valence-electron chi connectivity index (χ3n) is 2.47. The number of nitrogens with two attached hydrogens (primary N) is 1. The Morgan fingerprint density at radius 2 is 2.06 bits per heavy atom. The number of esters is 1. The molecule has 6 heteroatoms. The van der Waals surface area contributed by atoms with E-state index in [0.717, 1.165) is 12.8 Å². The molecule has 0 aliphatic heterocycles. The maximum Gasteiger partial charge on any atom is 0.305 e. The van der Waals surface area contributed by atoms with Crippen molar-refractivity contribution in [3.63, 3.8) is 0 Å². The largest absolute Gasteiger partial charge is 0.469 e. The van der Waals surface area contributed by atoms with Crippen molar-refractivity contribution in [2.45, 2.75) is 31.7 Å². The summed E-state index contributed by atoms with van der Waals surface area (Å²) in [5.74, 6) is -1.20. The molecule has 0 spiro atoms. The van der Waals surface area contributed by atoms with E-state index in [9.17, 15) is 14.4 Å². The number of hydrogen-bond acceptors (Lipinski definition) is 4. The molecule has 0 aromatic rings. The van der Waals surface area contributed by atoms with E-state index in [1.165, 1.54) is 7.11 Å². The zero-order chi connectivity index (χ0) is 12.1. The van der Waals surface area contributed by atoms with Crippen LogP contribution in [0.3, 0.4) is 0 Å². The molecule has 90 valence electrons. The van der Waals surface area contributed by atoms with Crippen LogP contribution in [0.5, 0.6) is 0 Å². The highest BCUT2D eigenvalue weighted by molar-refractivity contribution is 5.88. The van der Waals surface area contributed by atoms with Gasteiger partial charge in [0.15, 0.2) is 0 Å². The molecule has 0 radical (unpaired) electrons. The van der Waals surface area contributed by atoms with Gasteiger partial charge in [-0.3, -0.25) is 14.4 Å². The number of carbonyl (C=O) groups is 3. The van der Waals surface area contributed by atoms with Gasteiger partial charge in [-0.1, -0.05) is 0 Å². The van der Waals surface area contributed by atoms with Crippen LogP contribution in [0, 0.1) is 5.92 Å². The molecule has 1 aliphatic rings. The number of ether oxygens (including phenoxy) is 1. The van der Waals surface area contributed by atoms with E-state index in [1.807, 2.05) is 0 Å². The van der Waals surface area contributed by atoms with Gasteiger partial charge in [0.1, 0.15) is 6.04 Å². The van der Waals surface area contributed by atoms with Crippen molar-refractivity contribution in [2.24, 2.45) is 11.7 Å². The van der Waals surface area contributed by atoms with Crippen molar-refractivity contribution in [3.8, 4) is 0 Å². The minimum Gasteiger partial charge on any atom is -0.469 e. The van der Waals surface area contributed by atoms with Gasteiger partial charge in [0, 0.05) is 12.3 Å². The first-order valence-electron chi connectivity index (χ1n) is 5.21. The van der Waals surface area contributed by atoms with Crippen LogP contribution in [-0.4, -0.2) is 30.9 Å². The van der Waals surface area contributed by atoms with E-state index in [2.05, 4.69) is 10.1 Å². The molecular formula is C10H16N2O4. The molecule has 1 fully saturated rings. The molecule has 0 unspecified atom stereocenters. The van der Waals surface area contributed by atoms with Crippen LogP contribution in [0.4, 0.5) is 0 Å². The van der Waals surface area contributed by atoms with Crippen molar-refractivity contribution < 1.29 is 19.1 Å². The fraction of sp³-hybridized carbons (Fsp3) is 0.700. The highest BCUT2D eigenvalue weighted by atomic mass is 16.5. The van der Waals surface area contributed by atoms with Crippen molar-refractivity contribution in [1.29, 1.82) is 0 Å². The average molecular weight is 228 g/mol. The first-order valence-corrected chi connectivity index (χ1v) is 5.21. The van der Waals surface area contributed by atoms with E-state index in [4.69, 9.17) is 5.73 Å². The monoisotopic (exact) mass is 228 g/mol. The topological polar surface area (TPSA) is 98.5 Å². The first kappa shape index (κ1) is 12.5. The van der Waals surface area contributed by atoms with Crippen LogP contribution in [0.25, 0.3) is 0 Å². The summed E-state index contributed by atoms with van der Waals surface area (Å²) in [4.78, 5) is 33.3. The van der Waals surface area contributed by atoms with Crippen LogP contribution < -0.4 is 11.1 Å². The molecule has 0 aromatic carbocycles. The number of amides is 2. The summed E-state index contributed by atoms with van der Waals surface area (Å²) < 4.78 is 4.44. The van der Waals surface area contributed by atoms with Crippen molar-refractivity contribution in [1.82, 2.24) is 5.32 Å². The molecule has 1 atom stereocenters. The summed E-state index contributed by atoms with van der Waals surface area (Å²) >= 11 is 0. The summed E-state index contributed by atoms with van der Waals surface area (Å²) in [6.45, 7) is 0. The fourth-order valence-electron chi connectivity index (χ4n) is 1.28. The second-order valence-corrected chi connectivity index (χ2v) is 3.85. The van der Waals surface area contributed by atoms with Crippen LogP contribution in [0.1, 0.15) is 25.7 Å². The van der Waals surface area contributed by atoms with Gasteiger partial charge in [0.05, 0.1) is 7.11 Å². The SMILES string of the molecule is COC(=O)CC[C@@H](NC(=O)C1CC1)C(N)=O. The van der Waals surface area contributed by atoms with Gasteiger partial charge < -0.3 is 15.8 Å². The minimum atomic E-state index is -0.785. The van der Waals surface area contributed by atoms with Crippen molar-refractivity contribution >= 4 is 17.8 Å². The summed E-state index contributed by atoms with van der Waals surface area (Å²) in [6.07, 6.45) is 1.96. The van der Waals surface area contributed by atoms with Gasteiger partial charge in [-0.25, -0.2) is 0 Å². The second kappa shape index (κ2) is 5.48. The van der Waals surface area contributed by atoms with E-state index in [-0.39, 0.29) is 24.7 Å². The summed E-state index contributed by atoms with van der Waals surface area (Å²) in [7, 11) is 1.27. The molecule has 0 aromatic heterocycles. The molecule has 6 nitrogen and oxygen atoms in total. The molecule has 1 saturated carbocycles. The van der Waals surface area contributed by atoms with Gasteiger partial charge in [-0.15, -0.1) is 0 Å². The van der Waals surface area contributed by atoms with Crippen LogP contribution in [0.2, 0.25) is 0 Å². The van der Waals surface area contributed by atoms with Gasteiger partial charge in [-0.2, -0.15) is 0 Å². The molecule has 16 heavy (non-hydrogen) atoms. The lowest BCUT2D eigenvalue weighted by Gasteiger charge is -2.14. The molecule has 1 rings (SSSR count). The zero-order valence-corrected chi connectivity index (χ0v) is 9.19. The molecule has 2 amide bonds. The number of carbonyl (C=O) groups excluding carboxylic acids is 3. The lowest BCUT2D eigenvalue weighted by Crippen LogP contribution is -2.45.